The average Bonchev–Trinajstić information content (AvgIpc) is 2.34. The second-order valence-electron chi connectivity index (χ2n) is 3.85. The van der Waals surface area contributed by atoms with E-state index < -0.39 is 5.97 Å². The molecular weight excluding hydrogens is 218 g/mol. The van der Waals surface area contributed by atoms with Gasteiger partial charge in [0.25, 0.3) is 5.91 Å². The first kappa shape index (κ1) is 13.2. The van der Waals surface area contributed by atoms with E-state index in [0.29, 0.717) is 18.5 Å². The van der Waals surface area contributed by atoms with Crippen molar-refractivity contribution in [2.75, 3.05) is 6.54 Å². The van der Waals surface area contributed by atoms with Crippen LogP contribution in [-0.4, -0.2) is 23.5 Å². The molecule has 0 fully saturated rings. The predicted molar refractivity (Wildman–Crippen MR) is 65.0 cm³/mol. The Morgan fingerprint density at radius 2 is 1.88 bits per heavy atom. The number of hydrogen-bond donors (Lipinski definition) is 2. The third-order valence-electron chi connectivity index (χ3n) is 2.38. The molecule has 0 aliphatic carbocycles. The van der Waals surface area contributed by atoms with E-state index in [2.05, 4.69) is 5.32 Å². The van der Waals surface area contributed by atoms with Gasteiger partial charge < -0.3 is 10.4 Å². The Kier molecular flexibility index (Phi) is 5.20. The van der Waals surface area contributed by atoms with Crippen molar-refractivity contribution in [3.05, 3.63) is 35.4 Å². The molecule has 0 saturated heterocycles. The van der Waals surface area contributed by atoms with Gasteiger partial charge in [-0.1, -0.05) is 19.1 Å². The molecule has 1 aromatic carbocycles. The second-order valence-corrected chi connectivity index (χ2v) is 3.85. The van der Waals surface area contributed by atoms with E-state index in [-0.39, 0.29) is 12.3 Å². The second kappa shape index (κ2) is 6.68. The van der Waals surface area contributed by atoms with Crippen molar-refractivity contribution in [2.45, 2.75) is 26.2 Å². The molecule has 0 radical (unpaired) electrons. The van der Waals surface area contributed by atoms with Gasteiger partial charge in [-0.05, 0) is 30.5 Å². The molecule has 0 aliphatic rings. The summed E-state index contributed by atoms with van der Waals surface area (Å²) in [6.45, 7) is 2.66. The van der Waals surface area contributed by atoms with E-state index >= 15 is 0 Å². The van der Waals surface area contributed by atoms with Gasteiger partial charge in [-0.2, -0.15) is 0 Å². The van der Waals surface area contributed by atoms with Crippen molar-refractivity contribution >= 4 is 11.9 Å². The number of carboxylic acid groups (broad SMARTS) is 1. The smallest absolute Gasteiger partial charge is 0.303 e. The standard InChI is InChI=1S/C13H17NO3/c1-2-9-14-13(17)11-6-3-10(4-7-11)5-8-12(15)16/h3-4,6-7H,2,5,8-9H2,1H3,(H,14,17)(H,15,16). The van der Waals surface area contributed by atoms with E-state index in [1.165, 1.54) is 0 Å². The van der Waals surface area contributed by atoms with E-state index in [4.69, 9.17) is 5.11 Å². The van der Waals surface area contributed by atoms with Crippen LogP contribution in [0.15, 0.2) is 24.3 Å². The SMILES string of the molecule is CCCNC(=O)c1ccc(CCC(=O)O)cc1. The Hall–Kier alpha value is -1.84. The molecule has 2 N–H and O–H groups in total. The fourth-order valence-corrected chi connectivity index (χ4v) is 1.41. The fraction of sp³-hybridized carbons (Fsp3) is 0.385. The van der Waals surface area contributed by atoms with Crippen molar-refractivity contribution < 1.29 is 14.7 Å². The highest BCUT2D eigenvalue weighted by atomic mass is 16.4. The average molecular weight is 235 g/mol. The highest BCUT2D eigenvalue weighted by Crippen LogP contribution is 2.06. The van der Waals surface area contributed by atoms with Crippen LogP contribution in [-0.2, 0) is 11.2 Å². The first-order valence-corrected chi connectivity index (χ1v) is 5.72. The fourth-order valence-electron chi connectivity index (χ4n) is 1.41. The number of carbonyl (C=O) groups is 2. The highest BCUT2D eigenvalue weighted by Gasteiger charge is 2.04. The Bertz CT molecular complexity index is 384. The predicted octanol–water partition coefficient (Wildman–Crippen LogP) is 1.84. The zero-order valence-electron chi connectivity index (χ0n) is 9.90. The van der Waals surface area contributed by atoms with Crippen LogP contribution in [0, 0.1) is 0 Å². The summed E-state index contributed by atoms with van der Waals surface area (Å²) in [5.74, 6) is -0.897. The van der Waals surface area contributed by atoms with Gasteiger partial charge in [0.15, 0.2) is 0 Å². The third kappa shape index (κ3) is 4.68. The van der Waals surface area contributed by atoms with Crippen LogP contribution in [0.1, 0.15) is 35.7 Å². The number of benzene rings is 1. The Labute approximate surface area is 101 Å². The number of amides is 1. The molecule has 4 nitrogen and oxygen atoms in total. The Morgan fingerprint density at radius 3 is 2.41 bits per heavy atom. The lowest BCUT2D eigenvalue weighted by Crippen LogP contribution is -2.23. The molecule has 1 aromatic rings. The maximum absolute atomic E-state index is 11.6. The lowest BCUT2D eigenvalue weighted by molar-refractivity contribution is -0.136. The summed E-state index contributed by atoms with van der Waals surface area (Å²) >= 11 is 0. The summed E-state index contributed by atoms with van der Waals surface area (Å²) in [7, 11) is 0. The Morgan fingerprint density at radius 1 is 1.24 bits per heavy atom. The number of carboxylic acids is 1. The number of hydrogen-bond acceptors (Lipinski definition) is 2. The Balaban J connectivity index is 2.55. The van der Waals surface area contributed by atoms with Crippen LogP contribution in [0.25, 0.3) is 0 Å². The normalized spacial score (nSPS) is 9.94. The van der Waals surface area contributed by atoms with Gasteiger partial charge in [-0.3, -0.25) is 9.59 Å². The van der Waals surface area contributed by atoms with E-state index in [1.54, 1.807) is 24.3 Å². The van der Waals surface area contributed by atoms with Gasteiger partial charge >= 0.3 is 5.97 Å². The van der Waals surface area contributed by atoms with E-state index in [1.807, 2.05) is 6.92 Å². The van der Waals surface area contributed by atoms with Crippen LogP contribution < -0.4 is 5.32 Å². The topological polar surface area (TPSA) is 66.4 Å². The van der Waals surface area contributed by atoms with Gasteiger partial charge in [0.2, 0.25) is 0 Å². The molecule has 4 heteroatoms. The number of aliphatic carboxylic acids is 1. The summed E-state index contributed by atoms with van der Waals surface area (Å²) in [4.78, 5) is 22.0. The maximum atomic E-state index is 11.6. The third-order valence-corrected chi connectivity index (χ3v) is 2.38. The molecule has 0 aromatic heterocycles. The van der Waals surface area contributed by atoms with Crippen LogP contribution in [0.5, 0.6) is 0 Å². The van der Waals surface area contributed by atoms with Gasteiger partial charge in [0.05, 0.1) is 0 Å². The quantitative estimate of drug-likeness (QED) is 0.790. The van der Waals surface area contributed by atoms with E-state index in [9.17, 15) is 9.59 Å². The highest BCUT2D eigenvalue weighted by molar-refractivity contribution is 5.94. The van der Waals surface area contributed by atoms with Crippen molar-refractivity contribution in [1.82, 2.24) is 5.32 Å². The monoisotopic (exact) mass is 235 g/mol. The van der Waals surface area contributed by atoms with Gasteiger partial charge in [-0.15, -0.1) is 0 Å². The minimum atomic E-state index is -0.810. The zero-order valence-corrected chi connectivity index (χ0v) is 9.90. The molecule has 0 saturated carbocycles. The zero-order chi connectivity index (χ0) is 12.7. The molecule has 0 unspecified atom stereocenters. The first-order valence-electron chi connectivity index (χ1n) is 5.72. The molecule has 0 bridgehead atoms. The van der Waals surface area contributed by atoms with Crippen LogP contribution in [0.2, 0.25) is 0 Å². The summed E-state index contributed by atoms with van der Waals surface area (Å²) in [6.07, 6.45) is 1.51. The number of nitrogens with one attached hydrogen (secondary N) is 1. The van der Waals surface area contributed by atoms with Crippen LogP contribution in [0.4, 0.5) is 0 Å². The maximum Gasteiger partial charge on any atom is 0.303 e. The molecule has 0 aliphatic heterocycles. The van der Waals surface area contributed by atoms with Gasteiger partial charge in [0, 0.05) is 18.5 Å². The van der Waals surface area contributed by atoms with Crippen molar-refractivity contribution in [1.29, 1.82) is 0 Å². The molecule has 1 rings (SSSR count). The summed E-state index contributed by atoms with van der Waals surface area (Å²) < 4.78 is 0. The number of aryl methyl sites for hydroxylation is 1. The van der Waals surface area contributed by atoms with Gasteiger partial charge in [0.1, 0.15) is 0 Å². The summed E-state index contributed by atoms with van der Waals surface area (Å²) in [5.41, 5.74) is 1.54. The van der Waals surface area contributed by atoms with Crippen LogP contribution in [0.3, 0.4) is 0 Å². The van der Waals surface area contributed by atoms with Crippen LogP contribution >= 0.6 is 0 Å². The molecule has 0 heterocycles. The lowest BCUT2D eigenvalue weighted by atomic mass is 10.1. The molecule has 0 spiro atoms. The molecule has 0 atom stereocenters. The molecular formula is C13H17NO3. The first-order chi connectivity index (χ1) is 8.13. The van der Waals surface area contributed by atoms with E-state index in [0.717, 1.165) is 12.0 Å². The van der Waals surface area contributed by atoms with Gasteiger partial charge in [-0.25, -0.2) is 0 Å². The minimum absolute atomic E-state index is 0.0864. The molecule has 92 valence electrons. The van der Waals surface area contributed by atoms with Crippen molar-refractivity contribution in [3.8, 4) is 0 Å². The lowest BCUT2D eigenvalue weighted by Gasteiger charge is -2.04. The van der Waals surface area contributed by atoms with Crippen molar-refractivity contribution in [2.24, 2.45) is 0 Å². The molecule has 17 heavy (non-hydrogen) atoms. The molecule has 1 amide bonds. The largest absolute Gasteiger partial charge is 0.481 e. The summed E-state index contributed by atoms with van der Waals surface area (Å²) in [6, 6.07) is 7.04. The summed E-state index contributed by atoms with van der Waals surface area (Å²) in [5, 5.41) is 11.3. The minimum Gasteiger partial charge on any atom is -0.481 e. The number of carbonyl (C=O) groups excluding carboxylic acids is 1. The van der Waals surface area contributed by atoms with Crippen molar-refractivity contribution in [3.63, 3.8) is 0 Å². The number of rotatable bonds is 6.